The first-order valence-electron chi connectivity index (χ1n) is 12.4. The van der Waals surface area contributed by atoms with E-state index in [4.69, 9.17) is 10.3 Å². The van der Waals surface area contributed by atoms with Crippen molar-refractivity contribution in [2.45, 2.75) is 81.8 Å². The van der Waals surface area contributed by atoms with Crippen LogP contribution in [0.2, 0.25) is 0 Å². The Labute approximate surface area is 195 Å². The van der Waals surface area contributed by atoms with Crippen LogP contribution in [0, 0.1) is 5.92 Å². The van der Waals surface area contributed by atoms with Gasteiger partial charge in [0.05, 0.1) is 0 Å². The van der Waals surface area contributed by atoms with Gasteiger partial charge in [0.15, 0.2) is 5.69 Å². The van der Waals surface area contributed by atoms with Gasteiger partial charge in [0, 0.05) is 42.6 Å². The highest BCUT2D eigenvalue weighted by Gasteiger charge is 2.37. The van der Waals surface area contributed by atoms with Crippen LogP contribution < -0.4 is 11.1 Å². The van der Waals surface area contributed by atoms with Gasteiger partial charge in [-0.3, -0.25) is 9.59 Å². The number of hydrogen-bond acceptors (Lipinski definition) is 5. The fourth-order valence-electron chi connectivity index (χ4n) is 5.37. The van der Waals surface area contributed by atoms with Gasteiger partial charge < -0.3 is 20.5 Å². The van der Waals surface area contributed by atoms with Crippen molar-refractivity contribution in [3.05, 3.63) is 53.4 Å². The van der Waals surface area contributed by atoms with Gasteiger partial charge in [-0.05, 0) is 63.4 Å². The molecule has 2 saturated carbocycles. The summed E-state index contributed by atoms with van der Waals surface area (Å²) in [6, 6.07) is 12.4. The largest absolute Gasteiger partial charge is 0.360 e. The monoisotopic (exact) mass is 450 g/mol. The van der Waals surface area contributed by atoms with Crippen LogP contribution in [-0.4, -0.2) is 46.5 Å². The van der Waals surface area contributed by atoms with Crippen molar-refractivity contribution in [3.8, 4) is 0 Å². The first-order valence-corrected chi connectivity index (χ1v) is 12.4. The Morgan fingerprint density at radius 1 is 1.06 bits per heavy atom. The SMILES string of the molecule is NC1CCC(C(=O)N2CC[C@@H](NC(=O)c3cc(C4CC4)on3)C[C@@H]2Cc2ccccc2)CC1. The third kappa shape index (κ3) is 5.29. The summed E-state index contributed by atoms with van der Waals surface area (Å²) in [7, 11) is 0. The minimum absolute atomic E-state index is 0.0103. The zero-order chi connectivity index (χ0) is 22.8. The predicted molar refractivity (Wildman–Crippen MR) is 125 cm³/mol. The lowest BCUT2D eigenvalue weighted by Crippen LogP contribution is -2.54. The minimum Gasteiger partial charge on any atom is -0.360 e. The van der Waals surface area contributed by atoms with Crippen LogP contribution in [0.4, 0.5) is 0 Å². The summed E-state index contributed by atoms with van der Waals surface area (Å²) in [5, 5.41) is 7.13. The van der Waals surface area contributed by atoms with Crippen molar-refractivity contribution in [2.75, 3.05) is 6.54 Å². The second-order valence-corrected chi connectivity index (χ2v) is 10.1. The summed E-state index contributed by atoms with van der Waals surface area (Å²) in [5.74, 6) is 1.39. The average Bonchev–Trinajstić information content (AvgIpc) is 3.56. The zero-order valence-electron chi connectivity index (χ0n) is 19.1. The molecule has 7 nitrogen and oxygen atoms in total. The quantitative estimate of drug-likeness (QED) is 0.702. The number of nitrogens with zero attached hydrogens (tertiary/aromatic N) is 2. The van der Waals surface area contributed by atoms with E-state index in [0.29, 0.717) is 18.2 Å². The van der Waals surface area contributed by atoms with Crippen molar-refractivity contribution < 1.29 is 14.1 Å². The summed E-state index contributed by atoms with van der Waals surface area (Å²) in [5.41, 5.74) is 7.63. The van der Waals surface area contributed by atoms with Gasteiger partial charge in [-0.2, -0.15) is 0 Å². The van der Waals surface area contributed by atoms with Crippen LogP contribution in [0.3, 0.4) is 0 Å². The van der Waals surface area contributed by atoms with Gasteiger partial charge in [0.25, 0.3) is 5.91 Å². The molecule has 2 atom stereocenters. The molecule has 7 heteroatoms. The number of hydrogen-bond donors (Lipinski definition) is 2. The van der Waals surface area contributed by atoms with Crippen molar-refractivity contribution >= 4 is 11.8 Å². The second kappa shape index (κ2) is 9.67. The number of piperidine rings is 1. The Bertz CT molecular complexity index is 963. The molecule has 1 aliphatic heterocycles. The maximum absolute atomic E-state index is 13.5. The lowest BCUT2D eigenvalue weighted by Gasteiger charge is -2.42. The van der Waals surface area contributed by atoms with Crippen molar-refractivity contribution in [3.63, 3.8) is 0 Å². The number of nitrogens with two attached hydrogens (primary N) is 1. The molecule has 2 amide bonds. The number of amides is 2. The molecule has 2 heterocycles. The molecule has 33 heavy (non-hydrogen) atoms. The third-order valence-corrected chi connectivity index (χ3v) is 7.51. The standard InChI is InChI=1S/C26H34N4O3/c27-20-10-8-19(9-11-20)26(32)30-13-12-21(15-22(30)14-17-4-2-1-3-5-17)28-25(31)23-16-24(33-29-23)18-6-7-18/h1-5,16,18-22H,6-15,27H2,(H,28,31)/t19?,20?,21-,22+/m1/s1. The fourth-order valence-corrected chi connectivity index (χ4v) is 5.37. The number of aromatic nitrogens is 1. The Hall–Kier alpha value is -2.67. The molecule has 3 fully saturated rings. The molecule has 2 aromatic rings. The molecular weight excluding hydrogens is 416 g/mol. The summed E-state index contributed by atoms with van der Waals surface area (Å²) in [6.45, 7) is 0.663. The number of carbonyl (C=O) groups excluding carboxylic acids is 2. The summed E-state index contributed by atoms with van der Waals surface area (Å²) in [4.78, 5) is 28.3. The molecule has 3 aliphatic rings. The highest BCUT2D eigenvalue weighted by molar-refractivity contribution is 5.92. The highest BCUT2D eigenvalue weighted by Crippen LogP contribution is 2.40. The second-order valence-electron chi connectivity index (χ2n) is 10.1. The number of nitrogens with one attached hydrogen (secondary N) is 1. The highest BCUT2D eigenvalue weighted by atomic mass is 16.5. The van der Waals surface area contributed by atoms with Crippen LogP contribution in [0.5, 0.6) is 0 Å². The normalized spacial score (nSPS) is 27.8. The van der Waals surface area contributed by atoms with E-state index in [-0.39, 0.29) is 35.9 Å². The molecule has 2 aliphatic carbocycles. The van der Waals surface area contributed by atoms with E-state index < -0.39 is 0 Å². The van der Waals surface area contributed by atoms with Crippen LogP contribution in [-0.2, 0) is 11.2 Å². The van der Waals surface area contributed by atoms with E-state index >= 15 is 0 Å². The molecule has 3 N–H and O–H groups in total. The molecular formula is C26H34N4O3. The van der Waals surface area contributed by atoms with Gasteiger partial charge in [-0.1, -0.05) is 35.5 Å². The van der Waals surface area contributed by atoms with Crippen molar-refractivity contribution in [2.24, 2.45) is 11.7 Å². The predicted octanol–water partition coefficient (Wildman–Crippen LogP) is 3.40. The first-order chi connectivity index (χ1) is 16.1. The van der Waals surface area contributed by atoms with Gasteiger partial charge in [0.2, 0.25) is 5.91 Å². The van der Waals surface area contributed by atoms with Gasteiger partial charge in [0.1, 0.15) is 5.76 Å². The van der Waals surface area contributed by atoms with Crippen LogP contribution in [0.1, 0.15) is 79.1 Å². The number of likely N-dealkylation sites (tertiary alicyclic amines) is 1. The third-order valence-electron chi connectivity index (χ3n) is 7.51. The molecule has 1 aromatic carbocycles. The van der Waals surface area contributed by atoms with E-state index in [1.165, 1.54) is 5.56 Å². The average molecular weight is 451 g/mol. The van der Waals surface area contributed by atoms with E-state index in [0.717, 1.165) is 63.5 Å². The summed E-state index contributed by atoms with van der Waals surface area (Å²) >= 11 is 0. The van der Waals surface area contributed by atoms with Crippen molar-refractivity contribution in [1.82, 2.24) is 15.4 Å². The van der Waals surface area contributed by atoms with E-state index in [9.17, 15) is 9.59 Å². The zero-order valence-corrected chi connectivity index (χ0v) is 19.1. The fraction of sp³-hybridized carbons (Fsp3) is 0.577. The Kier molecular flexibility index (Phi) is 6.49. The van der Waals surface area contributed by atoms with Crippen molar-refractivity contribution in [1.29, 1.82) is 0 Å². The smallest absolute Gasteiger partial charge is 0.273 e. The van der Waals surface area contributed by atoms with E-state index in [2.05, 4.69) is 27.5 Å². The minimum atomic E-state index is -0.185. The molecule has 1 saturated heterocycles. The first kappa shape index (κ1) is 22.1. The lowest BCUT2D eigenvalue weighted by atomic mass is 9.84. The van der Waals surface area contributed by atoms with E-state index in [1.54, 1.807) is 6.07 Å². The maximum Gasteiger partial charge on any atom is 0.273 e. The molecule has 5 rings (SSSR count). The van der Waals surface area contributed by atoms with Gasteiger partial charge in [-0.15, -0.1) is 0 Å². The van der Waals surface area contributed by atoms with Gasteiger partial charge in [-0.25, -0.2) is 0 Å². The Morgan fingerprint density at radius 2 is 1.82 bits per heavy atom. The molecule has 1 aromatic heterocycles. The molecule has 0 bridgehead atoms. The number of carbonyl (C=O) groups is 2. The van der Waals surface area contributed by atoms with E-state index in [1.807, 2.05) is 18.2 Å². The summed E-state index contributed by atoms with van der Waals surface area (Å²) in [6.07, 6.45) is 8.11. The molecule has 176 valence electrons. The summed E-state index contributed by atoms with van der Waals surface area (Å²) < 4.78 is 5.35. The topological polar surface area (TPSA) is 101 Å². The van der Waals surface area contributed by atoms with Crippen LogP contribution in [0.25, 0.3) is 0 Å². The van der Waals surface area contributed by atoms with Crippen LogP contribution in [0.15, 0.2) is 40.9 Å². The number of benzene rings is 1. The lowest BCUT2D eigenvalue weighted by molar-refractivity contribution is -0.140. The Balaban J connectivity index is 1.26. The Morgan fingerprint density at radius 3 is 2.55 bits per heavy atom. The number of rotatable bonds is 6. The van der Waals surface area contributed by atoms with Gasteiger partial charge >= 0.3 is 0 Å². The molecule has 0 unspecified atom stereocenters. The molecule has 0 spiro atoms. The maximum atomic E-state index is 13.5. The van der Waals surface area contributed by atoms with Crippen LogP contribution >= 0.6 is 0 Å². The molecule has 0 radical (unpaired) electrons.